The summed E-state index contributed by atoms with van der Waals surface area (Å²) in [5.41, 5.74) is 3.49. The van der Waals surface area contributed by atoms with Gasteiger partial charge in [-0.3, -0.25) is 14.5 Å². The molecule has 3 atom stereocenters. The number of carbonyl (C=O) groups is 2. The molecule has 1 heterocycles. The maximum atomic E-state index is 14.0. The minimum absolute atomic E-state index is 0.0792. The number of amides is 2. The predicted octanol–water partition coefficient (Wildman–Crippen LogP) is 5.94. The molecule has 0 bridgehead atoms. The molecule has 0 aliphatic rings. The van der Waals surface area contributed by atoms with Gasteiger partial charge in [-0.2, -0.15) is 0 Å². The zero-order valence-corrected chi connectivity index (χ0v) is 25.1. The number of rotatable bonds is 14. The van der Waals surface area contributed by atoms with E-state index >= 15 is 0 Å². The molecule has 0 radical (unpaired) electrons. The number of nitrogens with one attached hydrogen (secondary N) is 2. The summed E-state index contributed by atoms with van der Waals surface area (Å²) in [6, 6.07) is 8.78. The molecule has 1 aromatic heterocycles. The van der Waals surface area contributed by atoms with Gasteiger partial charge in [0.25, 0.3) is 0 Å². The van der Waals surface area contributed by atoms with Gasteiger partial charge < -0.3 is 10.6 Å². The highest BCUT2D eigenvalue weighted by atomic mass is 32.1. The van der Waals surface area contributed by atoms with Crippen molar-refractivity contribution in [2.75, 3.05) is 13.1 Å². The summed E-state index contributed by atoms with van der Waals surface area (Å²) >= 11 is 1.53. The van der Waals surface area contributed by atoms with Gasteiger partial charge in [0, 0.05) is 24.7 Å². The second kappa shape index (κ2) is 15.6. The van der Waals surface area contributed by atoms with E-state index in [2.05, 4.69) is 74.2 Å². The van der Waals surface area contributed by atoms with Crippen molar-refractivity contribution in [3.8, 4) is 0 Å². The first-order chi connectivity index (χ1) is 18.0. The van der Waals surface area contributed by atoms with Gasteiger partial charge in [-0.05, 0) is 51.5 Å². The Morgan fingerprint density at radius 3 is 1.97 bits per heavy atom. The summed E-state index contributed by atoms with van der Waals surface area (Å²) in [5.74, 6) is -0.226. The molecule has 0 saturated carbocycles. The average Bonchev–Trinajstić information content (AvgIpc) is 3.39. The molecule has 0 fully saturated rings. The molecule has 0 saturated heterocycles. The summed E-state index contributed by atoms with van der Waals surface area (Å²) in [6.45, 7) is 17.6. The highest BCUT2D eigenvalue weighted by molar-refractivity contribution is 7.09. The number of allylic oxidation sites excluding steroid dienone is 2. The molecule has 0 aliphatic heterocycles. The molecule has 6 nitrogen and oxygen atoms in total. The van der Waals surface area contributed by atoms with E-state index in [0.29, 0.717) is 19.5 Å². The van der Waals surface area contributed by atoms with Crippen molar-refractivity contribution >= 4 is 23.2 Å². The number of thiazole rings is 1. The van der Waals surface area contributed by atoms with E-state index in [1.165, 1.54) is 22.5 Å². The van der Waals surface area contributed by atoms with Crippen LogP contribution in [0.3, 0.4) is 0 Å². The van der Waals surface area contributed by atoms with Crippen LogP contribution in [-0.4, -0.2) is 46.9 Å². The second-order valence-corrected chi connectivity index (χ2v) is 12.0. The quantitative estimate of drug-likeness (QED) is 0.292. The van der Waals surface area contributed by atoms with Crippen molar-refractivity contribution in [1.82, 2.24) is 20.5 Å². The van der Waals surface area contributed by atoms with Crippen LogP contribution in [0, 0.1) is 11.8 Å². The fraction of sp³-hybridized carbons (Fsp3) is 0.516. The number of nitrogens with zero attached hydrogens (tertiary/aromatic N) is 2. The van der Waals surface area contributed by atoms with E-state index in [1.807, 2.05) is 49.6 Å². The molecule has 2 aromatic rings. The third kappa shape index (κ3) is 10.2. The topological polar surface area (TPSA) is 74.3 Å². The summed E-state index contributed by atoms with van der Waals surface area (Å²) in [7, 11) is 0. The van der Waals surface area contributed by atoms with Crippen LogP contribution in [0.5, 0.6) is 0 Å². The lowest BCUT2D eigenvalue weighted by Gasteiger charge is -2.32. The van der Waals surface area contributed by atoms with E-state index in [0.717, 1.165) is 10.6 Å². The van der Waals surface area contributed by atoms with Crippen molar-refractivity contribution in [2.45, 2.75) is 79.9 Å². The van der Waals surface area contributed by atoms with Gasteiger partial charge in [-0.1, -0.05) is 81.3 Å². The van der Waals surface area contributed by atoms with Crippen molar-refractivity contribution in [2.24, 2.45) is 11.8 Å². The van der Waals surface area contributed by atoms with Crippen LogP contribution >= 0.6 is 11.3 Å². The van der Waals surface area contributed by atoms with Gasteiger partial charge in [-0.15, -0.1) is 11.3 Å². The lowest BCUT2D eigenvalue weighted by molar-refractivity contribution is -0.133. The summed E-state index contributed by atoms with van der Waals surface area (Å²) in [4.78, 5) is 34.1. The minimum Gasteiger partial charge on any atom is -0.345 e. The van der Waals surface area contributed by atoms with Gasteiger partial charge >= 0.3 is 0 Å². The first-order valence-corrected chi connectivity index (χ1v) is 14.4. The molecule has 2 N–H and O–H groups in total. The fourth-order valence-corrected chi connectivity index (χ4v) is 4.94. The Morgan fingerprint density at radius 2 is 1.50 bits per heavy atom. The van der Waals surface area contributed by atoms with Gasteiger partial charge in [0.05, 0.1) is 12.1 Å². The Balaban J connectivity index is 2.34. The molecule has 38 heavy (non-hydrogen) atoms. The molecule has 2 amide bonds. The lowest BCUT2D eigenvalue weighted by Crippen LogP contribution is -2.56. The average molecular weight is 539 g/mol. The van der Waals surface area contributed by atoms with Crippen molar-refractivity contribution in [3.05, 3.63) is 75.8 Å². The zero-order chi connectivity index (χ0) is 28.2. The van der Waals surface area contributed by atoms with E-state index in [9.17, 15) is 9.59 Å². The third-order valence-corrected chi connectivity index (χ3v) is 7.27. The molecule has 0 aliphatic carbocycles. The van der Waals surface area contributed by atoms with Crippen LogP contribution in [0.4, 0.5) is 0 Å². The molecular formula is C31H46N4O2S. The number of carbonyl (C=O) groups excluding carboxylic acids is 2. The SMILES string of the molecule is CC(C)=CCN(CC=C(C)C)C(Cc1ccccc1)C(=O)NC(C(=O)NC(c1nccs1)C(C)C)C(C)C. The molecule has 2 rings (SSSR count). The van der Waals surface area contributed by atoms with Crippen LogP contribution in [-0.2, 0) is 16.0 Å². The summed E-state index contributed by atoms with van der Waals surface area (Å²) in [5, 5.41) is 9.09. The molecule has 0 spiro atoms. The van der Waals surface area contributed by atoms with Crippen LogP contribution < -0.4 is 10.6 Å². The summed E-state index contributed by atoms with van der Waals surface area (Å²) in [6.07, 6.45) is 6.61. The highest BCUT2D eigenvalue weighted by Gasteiger charge is 2.32. The van der Waals surface area contributed by atoms with Crippen molar-refractivity contribution in [1.29, 1.82) is 0 Å². The van der Waals surface area contributed by atoms with E-state index < -0.39 is 12.1 Å². The first-order valence-electron chi connectivity index (χ1n) is 13.5. The van der Waals surface area contributed by atoms with Gasteiger partial charge in [0.1, 0.15) is 11.0 Å². The second-order valence-electron chi connectivity index (χ2n) is 11.1. The van der Waals surface area contributed by atoms with E-state index in [1.54, 1.807) is 6.20 Å². The highest BCUT2D eigenvalue weighted by Crippen LogP contribution is 2.24. The maximum absolute atomic E-state index is 14.0. The molecule has 1 aromatic carbocycles. The molecule has 7 heteroatoms. The Kier molecular flexibility index (Phi) is 12.9. The smallest absolute Gasteiger partial charge is 0.243 e. The molecule has 3 unspecified atom stereocenters. The Labute approximate surface area is 233 Å². The van der Waals surface area contributed by atoms with Crippen LogP contribution in [0.1, 0.15) is 72.0 Å². The Bertz CT molecular complexity index is 1030. The van der Waals surface area contributed by atoms with E-state index in [4.69, 9.17) is 0 Å². The molecule has 208 valence electrons. The normalized spacial score (nSPS) is 13.7. The van der Waals surface area contributed by atoms with Crippen molar-refractivity contribution in [3.63, 3.8) is 0 Å². The van der Waals surface area contributed by atoms with Crippen molar-refractivity contribution < 1.29 is 9.59 Å². The monoisotopic (exact) mass is 538 g/mol. The first kappa shape index (κ1) is 31.4. The predicted molar refractivity (Wildman–Crippen MR) is 159 cm³/mol. The lowest BCUT2D eigenvalue weighted by atomic mass is 9.98. The number of hydrogen-bond acceptors (Lipinski definition) is 5. The third-order valence-electron chi connectivity index (χ3n) is 6.41. The van der Waals surface area contributed by atoms with Crippen LogP contribution in [0.25, 0.3) is 0 Å². The van der Waals surface area contributed by atoms with Gasteiger partial charge in [0.15, 0.2) is 0 Å². The Hall–Kier alpha value is -2.77. The number of aromatic nitrogens is 1. The minimum atomic E-state index is -0.657. The largest absolute Gasteiger partial charge is 0.345 e. The van der Waals surface area contributed by atoms with Crippen LogP contribution in [0.2, 0.25) is 0 Å². The number of benzene rings is 1. The zero-order valence-electron chi connectivity index (χ0n) is 24.3. The fourth-order valence-electron chi connectivity index (χ4n) is 4.08. The standard InChI is InChI=1S/C31H46N4O2S/c1-21(2)14-17-35(18-15-22(3)4)26(20-25-12-10-9-11-13-25)29(36)33-27(23(5)6)30(37)34-28(24(7)8)31-32-16-19-38-31/h9-16,19,23-24,26-28H,17-18,20H2,1-8H3,(H,33,36)(H,34,37). The Morgan fingerprint density at radius 1 is 0.895 bits per heavy atom. The summed E-state index contributed by atoms with van der Waals surface area (Å²) < 4.78 is 0. The maximum Gasteiger partial charge on any atom is 0.243 e. The van der Waals surface area contributed by atoms with Gasteiger partial charge in [0.2, 0.25) is 11.8 Å². The molecular weight excluding hydrogens is 492 g/mol. The van der Waals surface area contributed by atoms with Crippen LogP contribution in [0.15, 0.2) is 65.2 Å². The van der Waals surface area contributed by atoms with E-state index in [-0.39, 0.29) is 29.7 Å². The number of hydrogen-bond donors (Lipinski definition) is 2. The van der Waals surface area contributed by atoms with Gasteiger partial charge in [-0.25, -0.2) is 4.98 Å².